The first kappa shape index (κ1) is 16.6. The molecule has 3 N–H and O–H groups in total. The van der Waals surface area contributed by atoms with Crippen molar-refractivity contribution in [1.29, 1.82) is 0 Å². The van der Waals surface area contributed by atoms with Crippen LogP contribution in [0.15, 0.2) is 0 Å². The van der Waals surface area contributed by atoms with Crippen molar-refractivity contribution in [2.75, 3.05) is 0 Å². The Hall–Kier alpha value is 0.0394. The van der Waals surface area contributed by atoms with Gasteiger partial charge in [0.2, 0.25) is 0 Å². The van der Waals surface area contributed by atoms with E-state index < -0.39 is 5.97 Å². The second kappa shape index (κ2) is 9.04. The van der Waals surface area contributed by atoms with Crippen molar-refractivity contribution in [3.05, 3.63) is 12.0 Å². The van der Waals surface area contributed by atoms with Crippen LogP contribution in [0.5, 0.6) is 0 Å². The fourth-order valence-corrected chi connectivity index (χ4v) is 0.267. The topological polar surface area (TPSA) is 83.6 Å². The molecule has 1 unspecified atom stereocenters. The van der Waals surface area contributed by atoms with Gasteiger partial charge in [0.1, 0.15) is 0 Å². The zero-order valence-corrected chi connectivity index (χ0v) is 8.41. The fraction of sp³-hybridized carbons (Fsp3) is 0.800. The quantitative estimate of drug-likeness (QED) is 0.730. The van der Waals surface area contributed by atoms with Crippen molar-refractivity contribution in [1.82, 2.24) is 0 Å². The van der Waals surface area contributed by atoms with Crippen LogP contribution >= 0.6 is 0 Å². The molecular weight excluding hydrogens is 312 g/mol. The molecule has 0 aliphatic heterocycles. The molecule has 0 saturated carbocycles. The van der Waals surface area contributed by atoms with Gasteiger partial charge in [-0.2, -0.15) is 0 Å². The van der Waals surface area contributed by atoms with E-state index in [2.05, 4.69) is 4.84 Å². The van der Waals surface area contributed by atoms with Gasteiger partial charge in [0.05, 0.1) is 5.92 Å². The molecule has 0 amide bonds. The van der Waals surface area contributed by atoms with Gasteiger partial charge in [0, 0.05) is 20.1 Å². The summed E-state index contributed by atoms with van der Waals surface area (Å²) in [5.74, 6) is 5.61. The largest absolute Gasteiger partial charge is 0.693 e. The van der Waals surface area contributed by atoms with Crippen LogP contribution in [0.4, 0.5) is 0 Å². The molecule has 5 heteroatoms. The van der Waals surface area contributed by atoms with Gasteiger partial charge in [-0.25, -0.2) is 0 Å². The summed E-state index contributed by atoms with van der Waals surface area (Å²) in [7, 11) is 0. The molecular formula is C5H12IrN2O2-2. The zero-order chi connectivity index (χ0) is 6.57. The Morgan fingerprint density at radius 2 is 2.10 bits per heavy atom. The van der Waals surface area contributed by atoms with Crippen LogP contribution in [0.1, 0.15) is 20.3 Å². The average molecular weight is 324 g/mol. The molecule has 0 aliphatic carbocycles. The SMILES string of the molecule is CCC(C)C(=O)O[NH-].[Ir].[NH2-]. The molecule has 65 valence electrons. The Kier molecular flexibility index (Phi) is 15.0. The zero-order valence-electron chi connectivity index (χ0n) is 6.01. The minimum Gasteiger partial charge on any atom is -0.693 e. The number of carbonyl (C=O) groups is 1. The van der Waals surface area contributed by atoms with Gasteiger partial charge in [-0.3, -0.25) is 4.79 Å². The van der Waals surface area contributed by atoms with Crippen LogP contribution in [0.2, 0.25) is 0 Å². The minimum atomic E-state index is -0.451. The molecule has 0 aromatic carbocycles. The van der Waals surface area contributed by atoms with Gasteiger partial charge in [-0.05, 0) is 6.42 Å². The van der Waals surface area contributed by atoms with Gasteiger partial charge in [0.25, 0.3) is 5.97 Å². The van der Waals surface area contributed by atoms with Gasteiger partial charge >= 0.3 is 0 Å². The summed E-state index contributed by atoms with van der Waals surface area (Å²) in [4.78, 5) is 14.0. The van der Waals surface area contributed by atoms with Crippen LogP contribution < -0.4 is 0 Å². The standard InChI is InChI=1S/C5H10NO2.Ir.H2N/c1-3-4(2)5(7)8-6;;/h4,6H,3H2,1-2H3;;1H2/q-1;;-1. The molecule has 0 rings (SSSR count). The first-order chi connectivity index (χ1) is 3.72. The van der Waals surface area contributed by atoms with E-state index in [-0.39, 0.29) is 32.2 Å². The molecule has 0 aromatic heterocycles. The smallest absolute Gasteiger partial charge is 0.293 e. The summed E-state index contributed by atoms with van der Waals surface area (Å²) in [6, 6.07) is 0. The Bertz CT molecular complexity index is 89.7. The molecule has 0 saturated heterocycles. The molecule has 0 heterocycles. The van der Waals surface area contributed by atoms with Crippen molar-refractivity contribution >= 4 is 5.97 Å². The fourth-order valence-electron chi connectivity index (χ4n) is 0.267. The van der Waals surface area contributed by atoms with E-state index in [9.17, 15) is 4.79 Å². The monoisotopic (exact) mass is 325 g/mol. The van der Waals surface area contributed by atoms with Crippen molar-refractivity contribution in [2.24, 2.45) is 5.92 Å². The Morgan fingerprint density at radius 3 is 2.20 bits per heavy atom. The second-order valence-corrected chi connectivity index (χ2v) is 1.73. The van der Waals surface area contributed by atoms with E-state index in [0.717, 1.165) is 6.42 Å². The van der Waals surface area contributed by atoms with Crippen molar-refractivity contribution in [3.63, 3.8) is 0 Å². The van der Waals surface area contributed by atoms with Crippen LogP contribution in [-0.4, -0.2) is 5.97 Å². The van der Waals surface area contributed by atoms with Gasteiger partial charge in [-0.1, -0.05) is 13.8 Å². The maximum Gasteiger partial charge on any atom is 0.293 e. The molecule has 0 bridgehead atoms. The number of hydrogen-bond acceptors (Lipinski definition) is 2. The van der Waals surface area contributed by atoms with E-state index in [4.69, 9.17) is 5.90 Å². The minimum absolute atomic E-state index is 0. The molecule has 0 spiro atoms. The Balaban J connectivity index is -0.000000245. The third-order valence-electron chi connectivity index (χ3n) is 1.12. The predicted molar refractivity (Wildman–Crippen MR) is 35.2 cm³/mol. The van der Waals surface area contributed by atoms with Crippen molar-refractivity contribution < 1.29 is 29.7 Å². The van der Waals surface area contributed by atoms with E-state index in [1.54, 1.807) is 6.92 Å². The summed E-state index contributed by atoms with van der Waals surface area (Å²) in [6.07, 6.45) is 0.734. The number of rotatable bonds is 2. The van der Waals surface area contributed by atoms with Crippen LogP contribution in [0, 0.1) is 5.92 Å². The molecule has 0 aromatic rings. The maximum atomic E-state index is 10.3. The van der Waals surface area contributed by atoms with Gasteiger partial charge < -0.3 is 16.9 Å². The van der Waals surface area contributed by atoms with E-state index in [0.29, 0.717) is 0 Å². The van der Waals surface area contributed by atoms with Gasteiger partial charge in [0.15, 0.2) is 0 Å². The number of nitrogens with one attached hydrogen (secondary N) is 1. The summed E-state index contributed by atoms with van der Waals surface area (Å²) in [5, 5.41) is 0. The molecule has 1 atom stereocenters. The van der Waals surface area contributed by atoms with E-state index in [1.165, 1.54) is 0 Å². The van der Waals surface area contributed by atoms with Crippen LogP contribution in [-0.2, 0) is 29.7 Å². The maximum absolute atomic E-state index is 10.3. The van der Waals surface area contributed by atoms with Crippen LogP contribution in [0.25, 0.3) is 12.0 Å². The Morgan fingerprint density at radius 1 is 1.70 bits per heavy atom. The van der Waals surface area contributed by atoms with Crippen LogP contribution in [0.3, 0.4) is 0 Å². The average Bonchev–Trinajstić information content (AvgIpc) is 1.84. The number of carbonyl (C=O) groups excluding carboxylic acids is 1. The predicted octanol–water partition coefficient (Wildman–Crippen LogP) is 2.26. The summed E-state index contributed by atoms with van der Waals surface area (Å²) in [5.41, 5.74) is 0. The second-order valence-electron chi connectivity index (χ2n) is 1.73. The third kappa shape index (κ3) is 6.16. The molecule has 0 aliphatic rings. The van der Waals surface area contributed by atoms with E-state index >= 15 is 0 Å². The van der Waals surface area contributed by atoms with Crippen molar-refractivity contribution in [3.8, 4) is 0 Å². The van der Waals surface area contributed by atoms with E-state index in [1.807, 2.05) is 6.92 Å². The first-order valence-electron chi connectivity index (χ1n) is 2.59. The van der Waals surface area contributed by atoms with Crippen molar-refractivity contribution in [2.45, 2.75) is 20.3 Å². The summed E-state index contributed by atoms with van der Waals surface area (Å²) in [6.45, 7) is 3.61. The molecule has 10 heavy (non-hydrogen) atoms. The molecule has 0 fully saturated rings. The van der Waals surface area contributed by atoms with Gasteiger partial charge in [-0.15, -0.1) is 0 Å². The summed E-state index contributed by atoms with van der Waals surface area (Å²) >= 11 is 0. The number of nitrogens with two attached hydrogens (primary N) is 1. The Labute approximate surface area is 74.4 Å². The first-order valence-corrected chi connectivity index (χ1v) is 2.59. The number of hydrogen-bond donors (Lipinski definition) is 0. The molecule has 4 nitrogen and oxygen atoms in total. The summed E-state index contributed by atoms with van der Waals surface area (Å²) < 4.78 is 0. The third-order valence-corrected chi connectivity index (χ3v) is 1.12. The molecule has 1 radical (unpaired) electrons. The normalized spacial score (nSPS) is 10.3.